The molecule has 2 aromatic carbocycles. The van der Waals surface area contributed by atoms with Gasteiger partial charge in [0.25, 0.3) is 5.91 Å². The maximum absolute atomic E-state index is 13.8. The first-order valence-corrected chi connectivity index (χ1v) is 22.5. The van der Waals surface area contributed by atoms with Crippen LogP contribution in [0.25, 0.3) is 0 Å². The second-order valence-electron chi connectivity index (χ2n) is 14.9. The molecule has 5 unspecified atom stereocenters. The molecule has 0 radical (unpaired) electrons. The lowest BCUT2D eigenvalue weighted by molar-refractivity contribution is -0.186. The number of nitrogens with one attached hydrogen (secondary N) is 2. The number of amides is 4. The number of likely N-dealkylation sites (tertiary alicyclic amines) is 1. The van der Waals surface area contributed by atoms with E-state index < -0.39 is 70.4 Å². The molecule has 15 nitrogen and oxygen atoms in total. The van der Waals surface area contributed by atoms with Crippen molar-refractivity contribution in [2.75, 3.05) is 18.9 Å². The van der Waals surface area contributed by atoms with Gasteiger partial charge in [-0.3, -0.25) is 24.1 Å². The average molecular weight is 845 g/mol. The predicted octanol–water partition coefficient (Wildman–Crippen LogP) is 4.63. The highest BCUT2D eigenvalue weighted by atomic mass is 33.1. The summed E-state index contributed by atoms with van der Waals surface area (Å²) >= 11 is 0. The lowest BCUT2D eigenvalue weighted by atomic mass is 10.0. The van der Waals surface area contributed by atoms with Crippen molar-refractivity contribution in [1.29, 1.82) is 0 Å². The van der Waals surface area contributed by atoms with Crippen LogP contribution < -0.4 is 25.8 Å². The molecule has 4 rings (SSSR count). The Morgan fingerprint density at radius 3 is 2.36 bits per heavy atom. The Morgan fingerprint density at radius 2 is 1.69 bits per heavy atom. The van der Waals surface area contributed by atoms with Crippen LogP contribution in [0.5, 0.6) is 11.5 Å². The molecular weight excluding hydrogens is 789 g/mol. The monoisotopic (exact) mass is 844 g/mol. The van der Waals surface area contributed by atoms with Gasteiger partial charge in [-0.25, -0.2) is 9.59 Å². The van der Waals surface area contributed by atoms with Gasteiger partial charge in [-0.05, 0) is 80.7 Å². The summed E-state index contributed by atoms with van der Waals surface area (Å²) in [5.41, 5.74) is 6.91. The normalized spacial score (nSPS) is 19.3. The molecule has 6 atom stereocenters. The molecule has 4 amide bonds. The molecule has 2 aliphatic heterocycles. The summed E-state index contributed by atoms with van der Waals surface area (Å²) < 4.78 is 33.7. The fourth-order valence-corrected chi connectivity index (χ4v) is 10.2. The number of carbonyl (C=O) groups is 6. The number of rotatable bonds is 20. The van der Waals surface area contributed by atoms with Crippen molar-refractivity contribution >= 4 is 56.8 Å². The van der Waals surface area contributed by atoms with Crippen molar-refractivity contribution in [3.05, 3.63) is 59.7 Å². The quantitative estimate of drug-likeness (QED) is 0.0547. The number of hydrogen-bond acceptors (Lipinski definition) is 12. The minimum absolute atomic E-state index is 0.0162. The largest absolute Gasteiger partial charge is 0.605 e. The first-order chi connectivity index (χ1) is 27.7. The van der Waals surface area contributed by atoms with Crippen LogP contribution in [-0.4, -0.2) is 93.8 Å². The molecule has 2 heterocycles. The number of nitrogens with two attached hydrogens (primary N) is 1. The molecule has 2 aliphatic rings. The minimum atomic E-state index is -1.28. The van der Waals surface area contributed by atoms with Gasteiger partial charge in [-0.2, -0.15) is 0 Å². The molecule has 318 valence electrons. The SMILES string of the molecule is Cc1ccccc1OCC(=O)NC(CC(C)C)C(=O)NC(Cc1ccc(OC(=O)N2CCCCC2C(N)=O)cc1)C(=O)OC(C)OC(=O)CCCC[C@@H]1CC[S+]([O-])S1. The number of aryl methyl sites for hydroxylation is 1. The maximum Gasteiger partial charge on any atom is 0.415 e. The van der Waals surface area contributed by atoms with Crippen molar-refractivity contribution in [2.24, 2.45) is 11.7 Å². The van der Waals surface area contributed by atoms with Gasteiger partial charge in [0.2, 0.25) is 18.1 Å². The van der Waals surface area contributed by atoms with Crippen molar-refractivity contribution < 1.29 is 52.3 Å². The summed E-state index contributed by atoms with van der Waals surface area (Å²) in [5.74, 6) is -1.79. The smallest absolute Gasteiger partial charge is 0.415 e. The molecule has 2 aromatic rings. The Hall–Kier alpha value is -4.48. The summed E-state index contributed by atoms with van der Waals surface area (Å²) in [7, 11) is 0.642. The topological polar surface area (TPSA) is 216 Å². The summed E-state index contributed by atoms with van der Waals surface area (Å²) in [6.07, 6.45) is 3.35. The molecular formula is C41H56N4O11S2. The number of piperidine rings is 1. The minimum Gasteiger partial charge on any atom is -0.605 e. The zero-order valence-corrected chi connectivity index (χ0v) is 35.2. The number of benzene rings is 2. The third-order valence-corrected chi connectivity index (χ3v) is 13.1. The standard InChI is InChI=1S/C41H56N4O11S2/c1-26(2)23-32(43-36(46)25-53-35-14-7-5-11-27(35)3)39(49)44-33(40(50)55-28(4)54-37(47)15-8-6-12-31-20-22-58(52)57-31)24-29-16-18-30(19-17-29)56-41(51)45-21-10-9-13-34(45)38(42)48/h5,7,11,14,16-19,26,28,31-34H,6,8-10,12-13,15,20-25H2,1-4H3,(H2,42,48)(H,43,46)(H,44,49)/t28?,31-,32?,33?,34?,58?/m1/s1. The van der Waals surface area contributed by atoms with E-state index in [2.05, 4.69) is 10.6 Å². The second-order valence-corrected chi connectivity index (χ2v) is 18.5. The molecule has 2 saturated heterocycles. The number of primary amides is 1. The summed E-state index contributed by atoms with van der Waals surface area (Å²) in [4.78, 5) is 79.2. The summed E-state index contributed by atoms with van der Waals surface area (Å²) in [5, 5.41) is 5.78. The molecule has 58 heavy (non-hydrogen) atoms. The number of carbonyl (C=O) groups excluding carboxylic acids is 6. The molecule has 0 aromatic heterocycles. The lowest BCUT2D eigenvalue weighted by Crippen LogP contribution is -2.54. The van der Waals surface area contributed by atoms with E-state index in [0.29, 0.717) is 48.1 Å². The number of unbranched alkanes of at least 4 members (excludes halogenated alkanes) is 1. The van der Waals surface area contributed by atoms with Crippen LogP contribution in [0.4, 0.5) is 4.79 Å². The number of nitrogens with zero attached hydrogens (tertiary/aromatic N) is 1. The lowest BCUT2D eigenvalue weighted by Gasteiger charge is -2.32. The molecule has 0 spiro atoms. The molecule has 17 heteroatoms. The van der Waals surface area contributed by atoms with Crippen molar-refractivity contribution in [3.8, 4) is 11.5 Å². The highest BCUT2D eigenvalue weighted by molar-refractivity contribution is 8.72. The van der Waals surface area contributed by atoms with Crippen LogP contribution in [0.1, 0.15) is 89.7 Å². The van der Waals surface area contributed by atoms with Gasteiger partial charge in [0, 0.05) is 42.9 Å². The Bertz CT molecular complexity index is 1710. The van der Waals surface area contributed by atoms with E-state index in [-0.39, 0.29) is 37.5 Å². The number of ether oxygens (including phenoxy) is 4. The van der Waals surface area contributed by atoms with Gasteiger partial charge in [-0.15, -0.1) is 0 Å². The molecule has 4 N–H and O–H groups in total. The fraction of sp³-hybridized carbons (Fsp3) is 0.561. The zero-order chi connectivity index (χ0) is 42.2. The van der Waals surface area contributed by atoms with Gasteiger partial charge in [0.05, 0.1) is 16.0 Å². The van der Waals surface area contributed by atoms with E-state index in [9.17, 15) is 33.3 Å². The first-order valence-electron chi connectivity index (χ1n) is 19.8. The van der Waals surface area contributed by atoms with Crippen LogP contribution in [-0.2, 0) is 50.1 Å². The molecule has 0 saturated carbocycles. The third-order valence-electron chi connectivity index (χ3n) is 9.63. The zero-order valence-electron chi connectivity index (χ0n) is 33.6. The van der Waals surface area contributed by atoms with Gasteiger partial charge < -0.3 is 39.9 Å². The van der Waals surface area contributed by atoms with Crippen LogP contribution >= 0.6 is 10.8 Å². The molecule has 2 fully saturated rings. The predicted molar refractivity (Wildman–Crippen MR) is 219 cm³/mol. The van der Waals surface area contributed by atoms with E-state index in [1.165, 1.54) is 34.8 Å². The Morgan fingerprint density at radius 1 is 0.948 bits per heavy atom. The maximum atomic E-state index is 13.8. The van der Waals surface area contributed by atoms with Crippen molar-refractivity contribution in [3.63, 3.8) is 0 Å². The highest BCUT2D eigenvalue weighted by Gasteiger charge is 2.33. The van der Waals surface area contributed by atoms with E-state index in [0.717, 1.165) is 31.2 Å². The summed E-state index contributed by atoms with van der Waals surface area (Å²) in [6, 6.07) is 10.4. The van der Waals surface area contributed by atoms with E-state index in [4.69, 9.17) is 24.7 Å². The Labute approximate surface area is 346 Å². The van der Waals surface area contributed by atoms with Crippen molar-refractivity contribution in [1.82, 2.24) is 15.5 Å². The number of para-hydroxylation sites is 1. The van der Waals surface area contributed by atoms with E-state index >= 15 is 0 Å². The first kappa shape index (κ1) is 46.2. The van der Waals surface area contributed by atoms with Gasteiger partial charge in [0.15, 0.2) is 6.61 Å². The number of esters is 2. The van der Waals surface area contributed by atoms with Crippen LogP contribution in [0, 0.1) is 12.8 Å². The third kappa shape index (κ3) is 15.4. The van der Waals surface area contributed by atoms with Crippen LogP contribution in [0.2, 0.25) is 0 Å². The summed E-state index contributed by atoms with van der Waals surface area (Å²) in [6.45, 7) is 7.04. The van der Waals surface area contributed by atoms with Crippen molar-refractivity contribution in [2.45, 2.75) is 122 Å². The van der Waals surface area contributed by atoms with Crippen LogP contribution in [0.3, 0.4) is 0 Å². The van der Waals surface area contributed by atoms with E-state index in [1.54, 1.807) is 24.3 Å². The molecule has 0 bridgehead atoms. The Balaban J connectivity index is 1.41. The van der Waals surface area contributed by atoms with Gasteiger partial charge >= 0.3 is 18.0 Å². The van der Waals surface area contributed by atoms with Gasteiger partial charge in [-0.1, -0.05) is 50.6 Å². The van der Waals surface area contributed by atoms with E-state index in [1.807, 2.05) is 32.9 Å². The molecule has 0 aliphatic carbocycles. The fourth-order valence-electron chi connectivity index (χ4n) is 6.62. The van der Waals surface area contributed by atoms with Gasteiger partial charge in [0.1, 0.15) is 35.4 Å². The highest BCUT2D eigenvalue weighted by Crippen LogP contribution is 2.34. The second kappa shape index (κ2) is 23.2. The Kier molecular flexibility index (Phi) is 18.5. The van der Waals surface area contributed by atoms with Crippen LogP contribution in [0.15, 0.2) is 48.5 Å². The average Bonchev–Trinajstić information content (AvgIpc) is 3.60. The number of hydrogen-bond donors (Lipinski definition) is 3.